The van der Waals surface area contributed by atoms with Crippen LogP contribution in [-0.2, 0) is 4.79 Å². The molecule has 2 N–H and O–H groups in total. The summed E-state index contributed by atoms with van der Waals surface area (Å²) in [6.07, 6.45) is 5.71. The van der Waals surface area contributed by atoms with E-state index in [0.717, 1.165) is 44.3 Å². The van der Waals surface area contributed by atoms with Crippen molar-refractivity contribution in [3.8, 4) is 0 Å². The topological polar surface area (TPSA) is 54.0 Å². The van der Waals surface area contributed by atoms with Crippen LogP contribution < -0.4 is 10.6 Å². The van der Waals surface area contributed by atoms with Gasteiger partial charge in [0.15, 0.2) is 0 Å². The van der Waals surface area contributed by atoms with Gasteiger partial charge in [0.25, 0.3) is 0 Å². The second-order valence-corrected chi connectivity index (χ2v) is 5.48. The molecule has 0 saturated carbocycles. The second kappa shape index (κ2) is 6.15. The lowest BCUT2D eigenvalue weighted by atomic mass is 9.76. The molecule has 1 aliphatic heterocycles. The lowest BCUT2D eigenvalue weighted by Gasteiger charge is -2.36. The molecule has 0 aliphatic carbocycles. The Hall–Kier alpha value is -1.42. The Morgan fingerprint density at radius 1 is 1.58 bits per heavy atom. The smallest absolute Gasteiger partial charge is 0.233 e. The maximum Gasteiger partial charge on any atom is 0.233 e. The molecule has 1 aromatic rings. The van der Waals surface area contributed by atoms with Gasteiger partial charge in [-0.2, -0.15) is 0 Å². The molecule has 0 spiro atoms. The molecule has 1 aromatic heterocycles. The van der Waals surface area contributed by atoms with Gasteiger partial charge < -0.3 is 10.6 Å². The summed E-state index contributed by atoms with van der Waals surface area (Å²) >= 11 is 0. The number of hydrogen-bond donors (Lipinski definition) is 2. The Morgan fingerprint density at radius 2 is 2.42 bits per heavy atom. The van der Waals surface area contributed by atoms with Crippen LogP contribution in [0.25, 0.3) is 0 Å². The van der Waals surface area contributed by atoms with Crippen molar-refractivity contribution in [1.82, 2.24) is 10.3 Å². The first-order valence-electron chi connectivity index (χ1n) is 7.11. The average Bonchev–Trinajstić information content (AvgIpc) is 2.40. The SMILES string of the molecule is CCCC1(C(=O)Nc2cc(C)ccn2)CCCNC1. The molecule has 2 rings (SSSR count). The van der Waals surface area contributed by atoms with Crippen molar-refractivity contribution in [1.29, 1.82) is 0 Å². The molecule has 2 heterocycles. The van der Waals surface area contributed by atoms with Gasteiger partial charge in [-0.1, -0.05) is 13.3 Å². The maximum absolute atomic E-state index is 12.6. The van der Waals surface area contributed by atoms with Crippen LogP contribution in [0.1, 0.15) is 38.2 Å². The van der Waals surface area contributed by atoms with Crippen LogP contribution in [0.3, 0.4) is 0 Å². The summed E-state index contributed by atoms with van der Waals surface area (Å²) in [5.74, 6) is 0.769. The van der Waals surface area contributed by atoms with Gasteiger partial charge in [-0.25, -0.2) is 4.98 Å². The molecule has 0 aromatic carbocycles. The number of rotatable bonds is 4. The minimum Gasteiger partial charge on any atom is -0.316 e. The third-order valence-electron chi connectivity index (χ3n) is 3.84. The van der Waals surface area contributed by atoms with E-state index in [1.165, 1.54) is 0 Å². The third kappa shape index (κ3) is 3.32. The minimum atomic E-state index is -0.265. The monoisotopic (exact) mass is 261 g/mol. The molecule has 1 fully saturated rings. The third-order valence-corrected chi connectivity index (χ3v) is 3.84. The number of nitrogens with zero attached hydrogens (tertiary/aromatic N) is 1. The molecule has 4 nitrogen and oxygen atoms in total. The quantitative estimate of drug-likeness (QED) is 0.875. The molecule has 1 aliphatic rings. The largest absolute Gasteiger partial charge is 0.316 e. The van der Waals surface area contributed by atoms with E-state index in [0.29, 0.717) is 5.82 Å². The number of carbonyl (C=O) groups excluding carboxylic acids is 1. The van der Waals surface area contributed by atoms with Gasteiger partial charge in [-0.3, -0.25) is 4.79 Å². The fourth-order valence-corrected chi connectivity index (χ4v) is 2.82. The summed E-state index contributed by atoms with van der Waals surface area (Å²) in [4.78, 5) is 16.8. The van der Waals surface area contributed by atoms with Crippen LogP contribution in [0.15, 0.2) is 18.3 Å². The van der Waals surface area contributed by atoms with E-state index in [1.54, 1.807) is 6.20 Å². The Balaban J connectivity index is 2.11. The van der Waals surface area contributed by atoms with Gasteiger partial charge in [-0.15, -0.1) is 0 Å². The van der Waals surface area contributed by atoms with Crippen molar-refractivity contribution in [2.75, 3.05) is 18.4 Å². The first-order valence-corrected chi connectivity index (χ1v) is 7.11. The Kier molecular flexibility index (Phi) is 4.53. The van der Waals surface area contributed by atoms with Gasteiger partial charge in [0.2, 0.25) is 5.91 Å². The number of aromatic nitrogens is 1. The van der Waals surface area contributed by atoms with E-state index < -0.39 is 0 Å². The van der Waals surface area contributed by atoms with Crippen molar-refractivity contribution >= 4 is 11.7 Å². The van der Waals surface area contributed by atoms with Crippen LogP contribution in [0.5, 0.6) is 0 Å². The van der Waals surface area contributed by atoms with E-state index >= 15 is 0 Å². The number of pyridine rings is 1. The van der Waals surface area contributed by atoms with Gasteiger partial charge in [0.05, 0.1) is 5.41 Å². The van der Waals surface area contributed by atoms with Crippen molar-refractivity contribution in [3.63, 3.8) is 0 Å². The van der Waals surface area contributed by atoms with Crippen molar-refractivity contribution in [3.05, 3.63) is 23.9 Å². The van der Waals surface area contributed by atoms with E-state index in [2.05, 4.69) is 22.5 Å². The first kappa shape index (κ1) is 14.0. The molecule has 1 saturated heterocycles. The van der Waals surface area contributed by atoms with E-state index in [1.807, 2.05) is 19.1 Å². The lowest BCUT2D eigenvalue weighted by Crippen LogP contribution is -2.48. The molecular formula is C15H23N3O. The van der Waals surface area contributed by atoms with E-state index in [4.69, 9.17) is 0 Å². The molecule has 1 amide bonds. The van der Waals surface area contributed by atoms with Crippen molar-refractivity contribution < 1.29 is 4.79 Å². The van der Waals surface area contributed by atoms with Crippen LogP contribution in [0.2, 0.25) is 0 Å². The van der Waals surface area contributed by atoms with Crippen LogP contribution in [0, 0.1) is 12.3 Å². The Bertz CT molecular complexity index is 433. The fraction of sp³-hybridized carbons (Fsp3) is 0.600. The number of carbonyl (C=O) groups is 1. The fourth-order valence-electron chi connectivity index (χ4n) is 2.82. The van der Waals surface area contributed by atoms with E-state index in [9.17, 15) is 4.79 Å². The minimum absolute atomic E-state index is 0.111. The molecule has 4 heteroatoms. The molecule has 0 bridgehead atoms. The zero-order valence-electron chi connectivity index (χ0n) is 11.8. The second-order valence-electron chi connectivity index (χ2n) is 5.48. The van der Waals surface area contributed by atoms with Crippen LogP contribution in [-0.4, -0.2) is 24.0 Å². The summed E-state index contributed by atoms with van der Waals surface area (Å²) in [5, 5.41) is 6.35. The highest BCUT2D eigenvalue weighted by Gasteiger charge is 2.38. The number of amides is 1. The maximum atomic E-state index is 12.6. The summed E-state index contributed by atoms with van der Waals surface area (Å²) in [6, 6.07) is 3.84. The Morgan fingerprint density at radius 3 is 3.05 bits per heavy atom. The highest BCUT2D eigenvalue weighted by Crippen LogP contribution is 2.32. The number of piperidine rings is 1. The number of anilines is 1. The number of hydrogen-bond acceptors (Lipinski definition) is 3. The predicted molar refractivity (Wildman–Crippen MR) is 77.0 cm³/mol. The summed E-state index contributed by atoms with van der Waals surface area (Å²) in [7, 11) is 0. The molecule has 1 unspecified atom stereocenters. The highest BCUT2D eigenvalue weighted by molar-refractivity contribution is 5.94. The summed E-state index contributed by atoms with van der Waals surface area (Å²) in [6.45, 7) is 5.93. The average molecular weight is 261 g/mol. The number of nitrogens with one attached hydrogen (secondary N) is 2. The van der Waals surface area contributed by atoms with Gasteiger partial charge >= 0.3 is 0 Å². The van der Waals surface area contributed by atoms with Gasteiger partial charge in [-0.05, 0) is 50.4 Å². The predicted octanol–water partition coefficient (Wildman–Crippen LogP) is 2.50. The molecule has 1 atom stereocenters. The van der Waals surface area contributed by atoms with Crippen molar-refractivity contribution in [2.24, 2.45) is 5.41 Å². The normalized spacial score (nSPS) is 23.1. The molecule has 0 radical (unpaired) electrons. The highest BCUT2D eigenvalue weighted by atomic mass is 16.2. The standard InChI is InChI=1S/C15H23N3O/c1-3-6-15(7-4-8-16-11-15)14(19)18-13-10-12(2)5-9-17-13/h5,9-10,16H,3-4,6-8,11H2,1-2H3,(H,17,18,19). The number of aryl methyl sites for hydroxylation is 1. The zero-order valence-corrected chi connectivity index (χ0v) is 11.8. The van der Waals surface area contributed by atoms with Gasteiger partial charge in [0, 0.05) is 12.7 Å². The zero-order chi connectivity index (χ0) is 13.7. The Labute approximate surface area is 115 Å². The lowest BCUT2D eigenvalue weighted by molar-refractivity contribution is -0.127. The van der Waals surface area contributed by atoms with Crippen molar-refractivity contribution in [2.45, 2.75) is 39.5 Å². The van der Waals surface area contributed by atoms with Crippen LogP contribution in [0.4, 0.5) is 5.82 Å². The molecule has 104 valence electrons. The van der Waals surface area contributed by atoms with Gasteiger partial charge in [0.1, 0.15) is 5.82 Å². The first-order chi connectivity index (χ1) is 9.16. The molecule has 19 heavy (non-hydrogen) atoms. The summed E-state index contributed by atoms with van der Waals surface area (Å²) in [5.41, 5.74) is 0.843. The molecular weight excluding hydrogens is 238 g/mol. The summed E-state index contributed by atoms with van der Waals surface area (Å²) < 4.78 is 0. The van der Waals surface area contributed by atoms with E-state index in [-0.39, 0.29) is 11.3 Å². The van der Waals surface area contributed by atoms with Crippen LogP contribution >= 0.6 is 0 Å².